The molecule has 0 aliphatic heterocycles. The molecule has 0 amide bonds. The third-order valence-corrected chi connectivity index (χ3v) is 11.4. The van der Waals surface area contributed by atoms with Crippen LogP contribution >= 0.6 is 0 Å². The molecule has 1 heteroatoms. The van der Waals surface area contributed by atoms with E-state index in [-0.39, 0.29) is 0 Å². The number of rotatable bonds is 8. The highest BCUT2D eigenvalue weighted by molar-refractivity contribution is 5.93. The molecule has 0 atom stereocenters. The zero-order valence-corrected chi connectivity index (χ0v) is 31.0. The van der Waals surface area contributed by atoms with Crippen LogP contribution in [0.1, 0.15) is 22.3 Å². The lowest BCUT2D eigenvalue weighted by Gasteiger charge is -2.35. The van der Waals surface area contributed by atoms with E-state index in [1.54, 1.807) is 0 Å². The fraction of sp³-hybridized carbons (Fsp3) is 0.0182. The summed E-state index contributed by atoms with van der Waals surface area (Å²) in [5.74, 6) is 0. The van der Waals surface area contributed by atoms with Gasteiger partial charge in [-0.2, -0.15) is 0 Å². The highest BCUT2D eigenvalue weighted by Crippen LogP contribution is 2.57. The van der Waals surface area contributed by atoms with Gasteiger partial charge in [-0.05, 0) is 91.5 Å². The first-order chi connectivity index (χ1) is 27.8. The van der Waals surface area contributed by atoms with Crippen LogP contribution in [0.3, 0.4) is 0 Å². The lowest BCUT2D eigenvalue weighted by atomic mass is 9.67. The van der Waals surface area contributed by atoms with E-state index in [0.29, 0.717) is 0 Å². The van der Waals surface area contributed by atoms with Gasteiger partial charge in [0.2, 0.25) is 0 Å². The van der Waals surface area contributed by atoms with Crippen molar-refractivity contribution in [2.45, 2.75) is 5.41 Å². The molecule has 0 N–H and O–H groups in total. The first-order valence-corrected chi connectivity index (χ1v) is 19.3. The lowest BCUT2D eigenvalue weighted by Crippen LogP contribution is -2.28. The van der Waals surface area contributed by atoms with Gasteiger partial charge in [-0.25, -0.2) is 0 Å². The maximum atomic E-state index is 2.46. The van der Waals surface area contributed by atoms with E-state index in [4.69, 9.17) is 0 Å². The van der Waals surface area contributed by atoms with Crippen LogP contribution in [0.5, 0.6) is 0 Å². The fourth-order valence-electron chi connectivity index (χ4n) is 8.84. The van der Waals surface area contributed by atoms with Crippen molar-refractivity contribution in [3.63, 3.8) is 0 Å². The van der Waals surface area contributed by atoms with E-state index in [1.165, 1.54) is 66.8 Å². The molecular weight excluding hydrogens is 675 g/mol. The molecule has 10 rings (SSSR count). The molecule has 0 saturated carbocycles. The molecule has 0 saturated heterocycles. The average Bonchev–Trinajstić information content (AvgIpc) is 3.58. The Morgan fingerprint density at radius 3 is 1.39 bits per heavy atom. The molecule has 1 nitrogen and oxygen atoms in total. The summed E-state index contributed by atoms with van der Waals surface area (Å²) >= 11 is 0. The zero-order chi connectivity index (χ0) is 37.3. The predicted octanol–water partition coefficient (Wildman–Crippen LogP) is 14.5. The Hall–Kier alpha value is -7.22. The first kappa shape index (κ1) is 33.4. The molecule has 0 aromatic heterocycles. The van der Waals surface area contributed by atoms with Gasteiger partial charge in [0.1, 0.15) is 0 Å². The summed E-state index contributed by atoms with van der Waals surface area (Å²) in [6, 6.07) is 86.2. The van der Waals surface area contributed by atoms with Crippen LogP contribution in [0.2, 0.25) is 0 Å². The van der Waals surface area contributed by atoms with Gasteiger partial charge in [-0.3, -0.25) is 0 Å². The molecule has 1 aliphatic rings. The normalized spacial score (nSPS) is 12.4. The molecule has 56 heavy (non-hydrogen) atoms. The molecule has 0 bridgehead atoms. The Morgan fingerprint density at radius 1 is 0.268 bits per heavy atom. The Kier molecular flexibility index (Phi) is 8.46. The van der Waals surface area contributed by atoms with Crippen LogP contribution in [0.25, 0.3) is 44.5 Å². The van der Waals surface area contributed by atoms with E-state index in [1.807, 2.05) is 0 Å². The van der Waals surface area contributed by atoms with E-state index >= 15 is 0 Å². The number of hydrogen-bond acceptors (Lipinski definition) is 1. The topological polar surface area (TPSA) is 3.24 Å². The van der Waals surface area contributed by atoms with Crippen LogP contribution in [0.15, 0.2) is 237 Å². The van der Waals surface area contributed by atoms with Gasteiger partial charge >= 0.3 is 0 Å². The summed E-state index contributed by atoms with van der Waals surface area (Å²) in [5.41, 5.74) is 17.6. The second kappa shape index (κ2) is 14.2. The van der Waals surface area contributed by atoms with Crippen molar-refractivity contribution >= 4 is 17.1 Å². The minimum absolute atomic E-state index is 0.505. The molecular formula is C55H39N. The Bertz CT molecular complexity index is 2730. The fourth-order valence-corrected chi connectivity index (χ4v) is 8.84. The summed E-state index contributed by atoms with van der Waals surface area (Å²) in [6.45, 7) is 0. The summed E-state index contributed by atoms with van der Waals surface area (Å²) in [4.78, 5) is 2.46. The second-order valence-electron chi connectivity index (χ2n) is 14.5. The van der Waals surface area contributed by atoms with Crippen LogP contribution < -0.4 is 4.90 Å². The van der Waals surface area contributed by atoms with Crippen molar-refractivity contribution in [1.82, 2.24) is 0 Å². The molecule has 0 radical (unpaired) electrons. The largest absolute Gasteiger partial charge is 0.310 e. The molecule has 0 heterocycles. The second-order valence-corrected chi connectivity index (χ2v) is 14.5. The van der Waals surface area contributed by atoms with E-state index in [2.05, 4.69) is 241 Å². The van der Waals surface area contributed by atoms with Crippen LogP contribution in [-0.2, 0) is 5.41 Å². The van der Waals surface area contributed by atoms with Crippen molar-refractivity contribution in [2.75, 3.05) is 4.90 Å². The van der Waals surface area contributed by atoms with Gasteiger partial charge in [0.25, 0.3) is 0 Å². The van der Waals surface area contributed by atoms with E-state index in [9.17, 15) is 0 Å². The SMILES string of the molecule is c1ccc(-c2ccc(-c3ccccc3N(c3cccc(-c4ccccc4)c3)c3ccc4c(c3)C(c3ccccc3)(c3ccccc3)c3ccccc3-4)cc2)cc1. The van der Waals surface area contributed by atoms with Gasteiger partial charge in [-0.1, -0.05) is 206 Å². The minimum atomic E-state index is -0.505. The smallest absolute Gasteiger partial charge is 0.0714 e. The molecule has 264 valence electrons. The summed E-state index contributed by atoms with van der Waals surface area (Å²) < 4.78 is 0. The lowest BCUT2D eigenvalue weighted by molar-refractivity contribution is 0.768. The number of hydrogen-bond donors (Lipinski definition) is 0. The van der Waals surface area contributed by atoms with Crippen molar-refractivity contribution in [3.05, 3.63) is 259 Å². The minimum Gasteiger partial charge on any atom is -0.310 e. The Morgan fingerprint density at radius 2 is 0.732 bits per heavy atom. The van der Waals surface area contributed by atoms with Gasteiger partial charge in [0.15, 0.2) is 0 Å². The van der Waals surface area contributed by atoms with Crippen molar-refractivity contribution in [3.8, 4) is 44.5 Å². The molecule has 1 aliphatic carbocycles. The number of anilines is 3. The standard InChI is InChI=1S/C55H39N/c1-5-18-40(19-6-1)42-32-34-43(35-33-42)49-28-14-16-31-54(49)56(47-27-17-22-44(38-47)41-20-7-2-8-21-41)48-36-37-51-50-29-13-15-30-52(50)55(53(51)39-48,45-23-9-3-10-24-45)46-25-11-4-12-26-46/h1-39H. The highest BCUT2D eigenvalue weighted by Gasteiger charge is 2.46. The van der Waals surface area contributed by atoms with Crippen LogP contribution in [0.4, 0.5) is 17.1 Å². The van der Waals surface area contributed by atoms with Crippen molar-refractivity contribution < 1.29 is 0 Å². The molecule has 9 aromatic carbocycles. The average molecular weight is 714 g/mol. The van der Waals surface area contributed by atoms with Gasteiger partial charge in [0.05, 0.1) is 11.1 Å². The monoisotopic (exact) mass is 713 g/mol. The molecule has 0 spiro atoms. The third-order valence-electron chi connectivity index (χ3n) is 11.4. The van der Waals surface area contributed by atoms with Gasteiger partial charge < -0.3 is 4.90 Å². The predicted molar refractivity (Wildman–Crippen MR) is 235 cm³/mol. The van der Waals surface area contributed by atoms with E-state index < -0.39 is 5.41 Å². The maximum absolute atomic E-state index is 2.46. The zero-order valence-electron chi connectivity index (χ0n) is 31.0. The highest BCUT2D eigenvalue weighted by atomic mass is 15.1. The Labute approximate surface area is 329 Å². The van der Waals surface area contributed by atoms with Crippen molar-refractivity contribution in [1.29, 1.82) is 0 Å². The van der Waals surface area contributed by atoms with Gasteiger partial charge in [0, 0.05) is 16.9 Å². The quantitative estimate of drug-likeness (QED) is 0.152. The van der Waals surface area contributed by atoms with Crippen LogP contribution in [0, 0.1) is 0 Å². The maximum Gasteiger partial charge on any atom is 0.0714 e. The van der Waals surface area contributed by atoms with E-state index in [0.717, 1.165) is 17.1 Å². The number of fused-ring (bicyclic) bond motifs is 3. The Balaban J connectivity index is 1.21. The number of para-hydroxylation sites is 1. The van der Waals surface area contributed by atoms with Crippen molar-refractivity contribution in [2.24, 2.45) is 0 Å². The first-order valence-electron chi connectivity index (χ1n) is 19.3. The molecule has 9 aromatic rings. The van der Waals surface area contributed by atoms with Crippen LogP contribution in [-0.4, -0.2) is 0 Å². The summed E-state index contributed by atoms with van der Waals surface area (Å²) in [7, 11) is 0. The summed E-state index contributed by atoms with van der Waals surface area (Å²) in [5, 5.41) is 0. The summed E-state index contributed by atoms with van der Waals surface area (Å²) in [6.07, 6.45) is 0. The molecule has 0 unspecified atom stereocenters. The molecule has 0 fully saturated rings. The van der Waals surface area contributed by atoms with Gasteiger partial charge in [-0.15, -0.1) is 0 Å². The number of nitrogens with zero attached hydrogens (tertiary/aromatic N) is 1. The third kappa shape index (κ3) is 5.65. The number of benzene rings is 9.